The van der Waals surface area contributed by atoms with Gasteiger partial charge in [-0.1, -0.05) is 19.3 Å². The molecule has 2 aliphatic rings. The zero-order valence-corrected chi connectivity index (χ0v) is 16.7. The van der Waals surface area contributed by atoms with Crippen LogP contribution in [0.25, 0.3) is 6.08 Å². The maximum absolute atomic E-state index is 12.7. The molecule has 29 heavy (non-hydrogen) atoms. The fourth-order valence-corrected chi connectivity index (χ4v) is 3.73. The van der Waals surface area contributed by atoms with Crippen molar-refractivity contribution in [1.29, 1.82) is 0 Å². The highest BCUT2D eigenvalue weighted by Crippen LogP contribution is 2.38. The van der Waals surface area contributed by atoms with Gasteiger partial charge >= 0.3 is 6.03 Å². The molecule has 1 aromatic rings. The highest BCUT2D eigenvalue weighted by molar-refractivity contribution is 6.08. The maximum Gasteiger partial charge on any atom is 0.344 e. The summed E-state index contributed by atoms with van der Waals surface area (Å²) in [4.78, 5) is 37.2. The molecule has 4 amide bonds. The van der Waals surface area contributed by atoms with Crippen molar-refractivity contribution in [3.63, 3.8) is 0 Å². The third kappa shape index (κ3) is 3.98. The largest absolute Gasteiger partial charge is 0.493 e. The summed E-state index contributed by atoms with van der Waals surface area (Å²) in [6.45, 7) is 0. The van der Waals surface area contributed by atoms with Crippen LogP contribution in [-0.4, -0.2) is 49.7 Å². The van der Waals surface area contributed by atoms with Gasteiger partial charge < -0.3 is 19.5 Å². The van der Waals surface area contributed by atoms with Crippen LogP contribution in [0.4, 0.5) is 4.79 Å². The average Bonchev–Trinajstić information content (AvgIpc) is 2.95. The second-order valence-corrected chi connectivity index (χ2v) is 6.98. The maximum atomic E-state index is 12.7. The first-order valence-corrected chi connectivity index (χ1v) is 9.39. The molecule has 0 unspecified atom stereocenters. The van der Waals surface area contributed by atoms with Crippen LogP contribution in [0.5, 0.6) is 17.2 Å². The van der Waals surface area contributed by atoms with E-state index in [4.69, 9.17) is 14.2 Å². The average molecular weight is 403 g/mol. The number of nitrogens with one attached hydrogen (secondary N) is 2. The standard InChI is InChI=1S/C20H25N3O6/c1-27-14-11-13(12-15(28-2)17(14)29-3)7-8-16(24)22-23-18(25)20(21-19(23)26)9-5-4-6-10-20/h7-8,11-12H,4-6,9-10H2,1-3H3,(H,21,26)(H,22,24)/b8-7+. The number of rotatable bonds is 6. The third-order valence-electron chi connectivity index (χ3n) is 5.21. The van der Waals surface area contributed by atoms with E-state index in [1.807, 2.05) is 0 Å². The molecule has 1 heterocycles. The van der Waals surface area contributed by atoms with Gasteiger partial charge in [-0.3, -0.25) is 15.0 Å². The lowest BCUT2D eigenvalue weighted by Crippen LogP contribution is -2.50. The molecule has 1 aromatic carbocycles. The molecule has 0 aromatic heterocycles. The Kier molecular flexibility index (Phi) is 5.95. The summed E-state index contributed by atoms with van der Waals surface area (Å²) in [5.41, 5.74) is 2.09. The van der Waals surface area contributed by atoms with Gasteiger partial charge in [0.15, 0.2) is 11.5 Å². The molecule has 9 heteroatoms. The Hall–Kier alpha value is -3.23. The summed E-state index contributed by atoms with van der Waals surface area (Å²) in [6, 6.07) is 2.75. The Morgan fingerprint density at radius 3 is 2.24 bits per heavy atom. The molecular weight excluding hydrogens is 378 g/mol. The van der Waals surface area contributed by atoms with Crippen molar-refractivity contribution in [3.8, 4) is 17.2 Å². The molecular formula is C20H25N3O6. The monoisotopic (exact) mass is 403 g/mol. The van der Waals surface area contributed by atoms with Gasteiger partial charge in [0, 0.05) is 6.08 Å². The van der Waals surface area contributed by atoms with Gasteiger partial charge in [-0.15, -0.1) is 0 Å². The molecule has 3 rings (SSSR count). The highest BCUT2D eigenvalue weighted by atomic mass is 16.5. The molecule has 1 saturated heterocycles. The Labute approximate surface area is 168 Å². The van der Waals surface area contributed by atoms with Crippen LogP contribution in [0, 0.1) is 0 Å². The first-order chi connectivity index (χ1) is 13.9. The van der Waals surface area contributed by atoms with Gasteiger partial charge in [-0.25, -0.2) is 4.79 Å². The predicted octanol–water partition coefficient (Wildman–Crippen LogP) is 2.01. The fourth-order valence-electron chi connectivity index (χ4n) is 3.73. The van der Waals surface area contributed by atoms with Crippen molar-refractivity contribution in [2.45, 2.75) is 37.6 Å². The second kappa shape index (κ2) is 8.42. The summed E-state index contributed by atoms with van der Waals surface area (Å²) in [6.07, 6.45) is 6.71. The van der Waals surface area contributed by atoms with Crippen molar-refractivity contribution < 1.29 is 28.6 Å². The Bertz CT molecular complexity index is 820. The fraction of sp³-hybridized carbons (Fsp3) is 0.450. The summed E-state index contributed by atoms with van der Waals surface area (Å²) in [5, 5.41) is 3.51. The van der Waals surface area contributed by atoms with Gasteiger partial charge in [0.05, 0.1) is 21.3 Å². The summed E-state index contributed by atoms with van der Waals surface area (Å²) in [7, 11) is 4.49. The van der Waals surface area contributed by atoms with E-state index < -0.39 is 23.4 Å². The van der Waals surface area contributed by atoms with E-state index in [-0.39, 0.29) is 0 Å². The lowest BCUT2D eigenvalue weighted by atomic mass is 9.82. The predicted molar refractivity (Wildman–Crippen MR) is 104 cm³/mol. The minimum Gasteiger partial charge on any atom is -0.493 e. The molecule has 1 aliphatic carbocycles. The number of ether oxygens (including phenoxy) is 3. The number of benzene rings is 1. The van der Waals surface area contributed by atoms with Crippen LogP contribution in [0.15, 0.2) is 18.2 Å². The normalized spacial score (nSPS) is 18.1. The number of methoxy groups -OCH3 is 3. The van der Waals surface area contributed by atoms with Crippen molar-refractivity contribution in [2.24, 2.45) is 0 Å². The van der Waals surface area contributed by atoms with Crippen molar-refractivity contribution in [1.82, 2.24) is 15.8 Å². The Balaban J connectivity index is 1.71. The summed E-state index contributed by atoms with van der Waals surface area (Å²) >= 11 is 0. The van der Waals surface area contributed by atoms with Gasteiger partial charge in [-0.05, 0) is 36.6 Å². The van der Waals surface area contributed by atoms with Crippen LogP contribution in [0.1, 0.15) is 37.7 Å². The number of nitrogens with zero attached hydrogens (tertiary/aromatic N) is 1. The molecule has 9 nitrogen and oxygen atoms in total. The molecule has 2 N–H and O–H groups in total. The van der Waals surface area contributed by atoms with Crippen LogP contribution < -0.4 is 25.0 Å². The number of amides is 4. The third-order valence-corrected chi connectivity index (χ3v) is 5.21. The number of urea groups is 1. The molecule has 0 radical (unpaired) electrons. The lowest BCUT2D eigenvalue weighted by Gasteiger charge is -2.30. The molecule has 2 fully saturated rings. The molecule has 156 valence electrons. The number of carbonyl (C=O) groups is 3. The number of imide groups is 1. The van der Waals surface area contributed by atoms with Gasteiger partial charge in [0.2, 0.25) is 5.75 Å². The van der Waals surface area contributed by atoms with Crippen molar-refractivity contribution in [3.05, 3.63) is 23.8 Å². The van der Waals surface area contributed by atoms with Gasteiger partial charge in [0.1, 0.15) is 5.54 Å². The van der Waals surface area contributed by atoms with E-state index in [9.17, 15) is 14.4 Å². The second-order valence-electron chi connectivity index (χ2n) is 6.98. The zero-order chi connectivity index (χ0) is 21.0. The van der Waals surface area contributed by atoms with Gasteiger partial charge in [-0.2, -0.15) is 5.01 Å². The molecule has 1 spiro atoms. The number of carbonyl (C=O) groups excluding carboxylic acids is 3. The Morgan fingerprint density at radius 2 is 1.69 bits per heavy atom. The lowest BCUT2D eigenvalue weighted by molar-refractivity contribution is -0.138. The van der Waals surface area contributed by atoms with Gasteiger partial charge in [0.25, 0.3) is 11.8 Å². The van der Waals surface area contributed by atoms with E-state index in [0.717, 1.165) is 24.3 Å². The number of hydrogen-bond acceptors (Lipinski definition) is 6. The summed E-state index contributed by atoms with van der Waals surface area (Å²) in [5.74, 6) is 0.320. The Morgan fingerprint density at radius 1 is 1.07 bits per heavy atom. The van der Waals surface area contributed by atoms with Crippen LogP contribution >= 0.6 is 0 Å². The molecule has 1 saturated carbocycles. The van der Waals surface area contributed by atoms with E-state index >= 15 is 0 Å². The van der Waals surface area contributed by atoms with Crippen molar-refractivity contribution in [2.75, 3.05) is 21.3 Å². The minimum absolute atomic E-state index is 0.406. The topological polar surface area (TPSA) is 106 Å². The number of hydrazine groups is 1. The molecule has 0 bridgehead atoms. The minimum atomic E-state index is -0.886. The zero-order valence-electron chi connectivity index (χ0n) is 16.7. The van der Waals surface area contributed by atoms with E-state index in [0.29, 0.717) is 35.7 Å². The SMILES string of the molecule is COc1cc(/C=C/C(=O)NN2C(=O)NC3(CCCCC3)C2=O)cc(OC)c1OC. The van der Waals surface area contributed by atoms with E-state index in [1.54, 1.807) is 12.1 Å². The van der Waals surface area contributed by atoms with Crippen LogP contribution in [0.2, 0.25) is 0 Å². The summed E-state index contributed by atoms with van der Waals surface area (Å²) < 4.78 is 15.8. The van der Waals surface area contributed by atoms with E-state index in [1.165, 1.54) is 33.5 Å². The first-order valence-electron chi connectivity index (χ1n) is 9.39. The van der Waals surface area contributed by atoms with Crippen LogP contribution in [0.3, 0.4) is 0 Å². The highest BCUT2D eigenvalue weighted by Gasteiger charge is 2.52. The molecule has 0 atom stereocenters. The smallest absolute Gasteiger partial charge is 0.344 e. The number of hydrogen-bond donors (Lipinski definition) is 2. The van der Waals surface area contributed by atoms with E-state index in [2.05, 4.69) is 10.7 Å². The quantitative estimate of drug-likeness (QED) is 0.556. The van der Waals surface area contributed by atoms with Crippen molar-refractivity contribution >= 4 is 23.9 Å². The first kappa shape index (κ1) is 20.5. The molecule has 1 aliphatic heterocycles. The van der Waals surface area contributed by atoms with Crippen LogP contribution in [-0.2, 0) is 9.59 Å².